The van der Waals surface area contributed by atoms with Crippen LogP contribution in [0.25, 0.3) is 0 Å². The van der Waals surface area contributed by atoms with Gasteiger partial charge in [0, 0.05) is 18.2 Å². The Morgan fingerprint density at radius 1 is 1.42 bits per heavy atom. The van der Waals surface area contributed by atoms with E-state index < -0.39 is 0 Å². The van der Waals surface area contributed by atoms with Gasteiger partial charge in [0.05, 0.1) is 0 Å². The first-order valence-electron chi connectivity index (χ1n) is 4.33. The average molecular weight is 166 g/mol. The molecule has 0 bridgehead atoms. The molecular weight excluding hydrogens is 150 g/mol. The van der Waals surface area contributed by atoms with Crippen LogP contribution in [0.3, 0.4) is 0 Å². The highest BCUT2D eigenvalue weighted by Crippen LogP contribution is 2.19. The van der Waals surface area contributed by atoms with E-state index in [2.05, 4.69) is 6.42 Å². The van der Waals surface area contributed by atoms with Gasteiger partial charge >= 0.3 is 0 Å². The SMILES string of the molecule is CC(C)(C)C(=O)N1C=C[CH]CC1. The van der Waals surface area contributed by atoms with E-state index in [0.29, 0.717) is 0 Å². The quantitative estimate of drug-likeness (QED) is 0.539. The minimum Gasteiger partial charge on any atom is -0.319 e. The second-order valence-corrected chi connectivity index (χ2v) is 4.11. The van der Waals surface area contributed by atoms with E-state index in [-0.39, 0.29) is 11.3 Å². The van der Waals surface area contributed by atoms with Crippen LogP contribution in [0.4, 0.5) is 0 Å². The van der Waals surface area contributed by atoms with Crippen molar-refractivity contribution < 1.29 is 4.79 Å². The summed E-state index contributed by atoms with van der Waals surface area (Å²) in [6.07, 6.45) is 6.84. The summed E-state index contributed by atoms with van der Waals surface area (Å²) in [6, 6.07) is 0. The molecule has 1 heterocycles. The van der Waals surface area contributed by atoms with Crippen LogP contribution in [0.15, 0.2) is 12.3 Å². The summed E-state index contributed by atoms with van der Waals surface area (Å²) < 4.78 is 0. The molecule has 0 aliphatic carbocycles. The van der Waals surface area contributed by atoms with Crippen LogP contribution in [-0.4, -0.2) is 17.4 Å². The molecule has 0 aromatic carbocycles. The summed E-state index contributed by atoms with van der Waals surface area (Å²) >= 11 is 0. The molecular formula is C10H16NO. The Labute approximate surface area is 74.2 Å². The van der Waals surface area contributed by atoms with E-state index in [9.17, 15) is 4.79 Å². The lowest BCUT2D eigenvalue weighted by molar-refractivity contribution is -0.136. The molecule has 1 amide bonds. The van der Waals surface area contributed by atoms with Gasteiger partial charge in [-0.1, -0.05) is 26.8 Å². The summed E-state index contributed by atoms with van der Waals surface area (Å²) in [7, 11) is 0. The van der Waals surface area contributed by atoms with E-state index >= 15 is 0 Å². The van der Waals surface area contributed by atoms with Gasteiger partial charge in [-0.05, 0) is 12.8 Å². The number of nitrogens with zero attached hydrogens (tertiary/aromatic N) is 1. The molecule has 0 aromatic rings. The van der Waals surface area contributed by atoms with Crippen molar-refractivity contribution in [3.05, 3.63) is 18.7 Å². The largest absolute Gasteiger partial charge is 0.319 e. The number of hydrogen-bond donors (Lipinski definition) is 0. The van der Waals surface area contributed by atoms with E-state index in [1.807, 2.05) is 33.0 Å². The summed E-state index contributed by atoms with van der Waals surface area (Å²) in [4.78, 5) is 13.5. The molecule has 0 fully saturated rings. The number of amides is 1. The highest BCUT2D eigenvalue weighted by atomic mass is 16.2. The third-order valence-corrected chi connectivity index (χ3v) is 1.84. The number of rotatable bonds is 0. The predicted octanol–water partition coefficient (Wildman–Crippen LogP) is 1.98. The van der Waals surface area contributed by atoms with E-state index in [1.54, 1.807) is 4.90 Å². The summed E-state index contributed by atoms with van der Waals surface area (Å²) in [6.45, 7) is 6.66. The molecule has 67 valence electrons. The second-order valence-electron chi connectivity index (χ2n) is 4.11. The van der Waals surface area contributed by atoms with Crippen molar-refractivity contribution in [2.45, 2.75) is 27.2 Å². The minimum atomic E-state index is -0.262. The molecule has 0 saturated carbocycles. The Hall–Kier alpha value is -0.790. The highest BCUT2D eigenvalue weighted by Gasteiger charge is 2.26. The first-order chi connectivity index (χ1) is 5.52. The van der Waals surface area contributed by atoms with Crippen molar-refractivity contribution in [2.75, 3.05) is 6.54 Å². The molecule has 1 aliphatic heterocycles. The topological polar surface area (TPSA) is 20.3 Å². The maximum absolute atomic E-state index is 11.7. The average Bonchev–Trinajstić information content (AvgIpc) is 2.03. The first-order valence-corrected chi connectivity index (χ1v) is 4.33. The number of carbonyl (C=O) groups is 1. The molecule has 1 radical (unpaired) electrons. The molecule has 1 rings (SSSR count). The van der Waals surface area contributed by atoms with Gasteiger partial charge < -0.3 is 4.90 Å². The molecule has 2 nitrogen and oxygen atoms in total. The van der Waals surface area contributed by atoms with Gasteiger partial charge in [0.15, 0.2) is 0 Å². The fourth-order valence-electron chi connectivity index (χ4n) is 1.15. The van der Waals surface area contributed by atoms with Crippen molar-refractivity contribution >= 4 is 5.91 Å². The van der Waals surface area contributed by atoms with Crippen molar-refractivity contribution in [3.63, 3.8) is 0 Å². The highest BCUT2D eigenvalue weighted by molar-refractivity contribution is 5.82. The molecule has 0 N–H and O–H groups in total. The van der Waals surface area contributed by atoms with Gasteiger partial charge in [0.2, 0.25) is 5.91 Å². The maximum Gasteiger partial charge on any atom is 0.231 e. The molecule has 0 aromatic heterocycles. The molecule has 0 unspecified atom stereocenters. The van der Waals surface area contributed by atoms with Crippen LogP contribution >= 0.6 is 0 Å². The standard InChI is InChI=1S/C10H16NO/c1-10(2,3)9(12)11-7-5-4-6-8-11/h4-5,7H,6,8H2,1-3H3. The monoisotopic (exact) mass is 166 g/mol. The lowest BCUT2D eigenvalue weighted by Gasteiger charge is -2.28. The zero-order valence-corrected chi connectivity index (χ0v) is 8.00. The van der Waals surface area contributed by atoms with Gasteiger partial charge in [-0.15, -0.1) is 0 Å². The Kier molecular flexibility index (Phi) is 2.55. The Bertz CT molecular complexity index is 200. The molecule has 2 heteroatoms. The molecule has 12 heavy (non-hydrogen) atoms. The minimum absolute atomic E-state index is 0.201. The summed E-state index contributed by atoms with van der Waals surface area (Å²) in [5.74, 6) is 0.201. The van der Waals surface area contributed by atoms with Crippen LogP contribution in [0.1, 0.15) is 27.2 Å². The van der Waals surface area contributed by atoms with Gasteiger partial charge in [-0.2, -0.15) is 0 Å². The summed E-state index contributed by atoms with van der Waals surface area (Å²) in [5.41, 5.74) is -0.262. The number of carbonyl (C=O) groups excluding carboxylic acids is 1. The molecule has 0 spiro atoms. The zero-order valence-electron chi connectivity index (χ0n) is 8.00. The van der Waals surface area contributed by atoms with Crippen LogP contribution < -0.4 is 0 Å². The zero-order chi connectivity index (χ0) is 9.19. The van der Waals surface area contributed by atoms with Crippen molar-refractivity contribution in [1.82, 2.24) is 4.90 Å². The van der Waals surface area contributed by atoms with E-state index in [0.717, 1.165) is 13.0 Å². The summed E-state index contributed by atoms with van der Waals surface area (Å²) in [5, 5.41) is 0. The predicted molar refractivity (Wildman–Crippen MR) is 49.2 cm³/mol. The van der Waals surface area contributed by atoms with Gasteiger partial charge in [0.25, 0.3) is 0 Å². The normalized spacial score (nSPS) is 18.1. The van der Waals surface area contributed by atoms with Gasteiger partial charge in [0.1, 0.15) is 0 Å². The fourth-order valence-corrected chi connectivity index (χ4v) is 1.15. The lowest BCUT2D eigenvalue weighted by Crippen LogP contribution is -2.37. The van der Waals surface area contributed by atoms with Crippen LogP contribution in [-0.2, 0) is 4.79 Å². The molecule has 0 atom stereocenters. The first kappa shape index (κ1) is 9.30. The molecule has 0 saturated heterocycles. The Morgan fingerprint density at radius 3 is 2.50 bits per heavy atom. The number of hydrogen-bond acceptors (Lipinski definition) is 1. The third-order valence-electron chi connectivity index (χ3n) is 1.84. The fraction of sp³-hybridized carbons (Fsp3) is 0.600. The second kappa shape index (κ2) is 3.30. The molecule has 1 aliphatic rings. The number of allylic oxidation sites excluding steroid dienone is 1. The lowest BCUT2D eigenvalue weighted by atomic mass is 9.94. The van der Waals surface area contributed by atoms with Crippen molar-refractivity contribution in [1.29, 1.82) is 0 Å². The maximum atomic E-state index is 11.7. The van der Waals surface area contributed by atoms with Gasteiger partial charge in [-0.25, -0.2) is 0 Å². The van der Waals surface area contributed by atoms with E-state index in [4.69, 9.17) is 0 Å². The van der Waals surface area contributed by atoms with Gasteiger partial charge in [-0.3, -0.25) is 4.79 Å². The Morgan fingerprint density at radius 2 is 2.08 bits per heavy atom. The van der Waals surface area contributed by atoms with Crippen LogP contribution in [0.5, 0.6) is 0 Å². The smallest absolute Gasteiger partial charge is 0.231 e. The van der Waals surface area contributed by atoms with Crippen molar-refractivity contribution in [3.8, 4) is 0 Å². The van der Waals surface area contributed by atoms with Crippen molar-refractivity contribution in [2.24, 2.45) is 5.41 Å². The third kappa shape index (κ3) is 2.10. The van der Waals surface area contributed by atoms with Crippen LogP contribution in [0.2, 0.25) is 0 Å². The van der Waals surface area contributed by atoms with Crippen LogP contribution in [0, 0.1) is 11.8 Å². The van der Waals surface area contributed by atoms with E-state index in [1.165, 1.54) is 0 Å². The Balaban J connectivity index is 2.64.